The largest absolute Gasteiger partial charge is 0.504 e. The zero-order valence-corrected chi connectivity index (χ0v) is 10.4. The lowest BCUT2D eigenvalue weighted by atomic mass is 10.1. The van der Waals surface area contributed by atoms with Crippen molar-refractivity contribution in [2.45, 2.75) is 0 Å². The van der Waals surface area contributed by atoms with E-state index in [2.05, 4.69) is 0 Å². The van der Waals surface area contributed by atoms with Crippen LogP contribution in [0.15, 0.2) is 45.6 Å². The number of rotatable bonds is 1. The number of phenols is 1. The third-order valence-electron chi connectivity index (χ3n) is 3.06. The minimum atomic E-state index is -1.57. The summed E-state index contributed by atoms with van der Waals surface area (Å²) in [5, 5.41) is 18.8. The maximum Gasteiger partial charge on any atom is 0.238 e. The first-order valence-electron chi connectivity index (χ1n) is 5.93. The van der Waals surface area contributed by atoms with Gasteiger partial charge in [-0.25, -0.2) is 4.39 Å². The molecule has 0 bridgehead atoms. The first-order valence-corrected chi connectivity index (χ1v) is 5.93. The van der Waals surface area contributed by atoms with Crippen LogP contribution in [0.2, 0.25) is 0 Å². The van der Waals surface area contributed by atoms with Gasteiger partial charge >= 0.3 is 0 Å². The number of phenolic OH excluding ortho intramolecular Hbond substituents is 1. The maximum atomic E-state index is 13.3. The summed E-state index contributed by atoms with van der Waals surface area (Å²) in [6, 6.07) is 8.83. The Bertz CT molecular complexity index is 901. The Morgan fingerprint density at radius 3 is 2.33 bits per heavy atom. The molecule has 1 aromatic heterocycles. The van der Waals surface area contributed by atoms with Crippen LogP contribution in [-0.4, -0.2) is 10.2 Å². The van der Waals surface area contributed by atoms with Crippen molar-refractivity contribution in [2.75, 3.05) is 0 Å². The molecular formula is C15H8F2O4. The van der Waals surface area contributed by atoms with E-state index in [4.69, 9.17) is 4.42 Å². The van der Waals surface area contributed by atoms with Crippen LogP contribution in [-0.2, 0) is 0 Å². The summed E-state index contributed by atoms with van der Waals surface area (Å²) in [6.07, 6.45) is 0. The molecule has 4 nitrogen and oxygen atoms in total. The molecule has 21 heavy (non-hydrogen) atoms. The van der Waals surface area contributed by atoms with Crippen LogP contribution < -0.4 is 5.43 Å². The summed E-state index contributed by atoms with van der Waals surface area (Å²) < 4.78 is 31.9. The number of benzene rings is 2. The molecule has 106 valence electrons. The zero-order valence-electron chi connectivity index (χ0n) is 10.4. The third-order valence-corrected chi connectivity index (χ3v) is 3.06. The summed E-state index contributed by atoms with van der Waals surface area (Å²) in [7, 11) is 0. The number of aromatic hydroxyl groups is 2. The predicted molar refractivity (Wildman–Crippen MR) is 71.2 cm³/mol. The van der Waals surface area contributed by atoms with Gasteiger partial charge in [0, 0.05) is 11.6 Å². The minimum absolute atomic E-state index is 0.182. The van der Waals surface area contributed by atoms with Crippen molar-refractivity contribution in [3.8, 4) is 22.8 Å². The van der Waals surface area contributed by atoms with Gasteiger partial charge in [-0.2, -0.15) is 4.39 Å². The SMILES string of the molecule is O=c1c(O)c(-c2ccccc2)oc2cc(F)c(F)c(O)c12. The molecule has 0 fully saturated rings. The second-order valence-electron chi connectivity index (χ2n) is 4.37. The molecule has 0 saturated heterocycles. The van der Waals surface area contributed by atoms with Gasteiger partial charge in [-0.15, -0.1) is 0 Å². The molecule has 3 aromatic rings. The van der Waals surface area contributed by atoms with Crippen LogP contribution in [0.5, 0.6) is 11.5 Å². The Balaban J connectivity index is 2.44. The van der Waals surface area contributed by atoms with Crippen LogP contribution in [0.1, 0.15) is 0 Å². The fraction of sp³-hybridized carbons (Fsp3) is 0. The highest BCUT2D eigenvalue weighted by atomic mass is 19.2. The molecule has 0 aliphatic carbocycles. The summed E-state index contributed by atoms with van der Waals surface area (Å²) >= 11 is 0. The van der Waals surface area contributed by atoms with Crippen LogP contribution in [0, 0.1) is 11.6 Å². The standard InChI is InChI=1S/C15H8F2O4/c16-8-6-9-10(12(18)11(8)17)13(19)14(20)15(21-9)7-4-2-1-3-5-7/h1-6,18,20H. The first-order chi connectivity index (χ1) is 10.0. The lowest BCUT2D eigenvalue weighted by Gasteiger charge is -2.07. The van der Waals surface area contributed by atoms with Gasteiger partial charge in [0.1, 0.15) is 11.0 Å². The van der Waals surface area contributed by atoms with E-state index >= 15 is 0 Å². The van der Waals surface area contributed by atoms with E-state index in [1.807, 2.05) is 0 Å². The molecule has 0 amide bonds. The second-order valence-corrected chi connectivity index (χ2v) is 4.37. The number of hydrogen-bond acceptors (Lipinski definition) is 4. The molecule has 6 heteroatoms. The van der Waals surface area contributed by atoms with E-state index in [0.29, 0.717) is 11.6 Å². The van der Waals surface area contributed by atoms with Crippen molar-refractivity contribution in [3.63, 3.8) is 0 Å². The molecule has 0 unspecified atom stereocenters. The highest BCUT2D eigenvalue weighted by molar-refractivity contribution is 5.87. The molecule has 0 saturated carbocycles. The quantitative estimate of drug-likeness (QED) is 0.722. The van der Waals surface area contributed by atoms with Crippen molar-refractivity contribution >= 4 is 11.0 Å². The van der Waals surface area contributed by atoms with E-state index in [1.165, 1.54) is 0 Å². The van der Waals surface area contributed by atoms with Crippen molar-refractivity contribution < 1.29 is 23.4 Å². The molecule has 0 aliphatic heterocycles. The lowest BCUT2D eigenvalue weighted by molar-refractivity contribution is 0.407. The van der Waals surface area contributed by atoms with Gasteiger partial charge < -0.3 is 14.6 Å². The van der Waals surface area contributed by atoms with Crippen molar-refractivity contribution in [1.82, 2.24) is 0 Å². The van der Waals surface area contributed by atoms with Crippen LogP contribution in [0.3, 0.4) is 0 Å². The summed E-state index contributed by atoms with van der Waals surface area (Å²) in [6.45, 7) is 0. The maximum absolute atomic E-state index is 13.3. The van der Waals surface area contributed by atoms with E-state index in [9.17, 15) is 23.8 Å². The van der Waals surface area contributed by atoms with Crippen molar-refractivity contribution in [2.24, 2.45) is 0 Å². The molecule has 1 heterocycles. The minimum Gasteiger partial charge on any atom is -0.504 e. The van der Waals surface area contributed by atoms with Gasteiger partial charge in [-0.3, -0.25) is 4.79 Å². The molecule has 3 rings (SSSR count). The van der Waals surface area contributed by atoms with E-state index in [1.54, 1.807) is 30.3 Å². The molecule has 0 atom stereocenters. The van der Waals surface area contributed by atoms with Crippen LogP contribution in [0.25, 0.3) is 22.3 Å². The van der Waals surface area contributed by atoms with Gasteiger partial charge in [-0.05, 0) is 0 Å². The third kappa shape index (κ3) is 1.92. The van der Waals surface area contributed by atoms with Gasteiger partial charge in [0.15, 0.2) is 17.3 Å². The van der Waals surface area contributed by atoms with Crippen LogP contribution >= 0.6 is 0 Å². The van der Waals surface area contributed by atoms with Gasteiger partial charge in [0.2, 0.25) is 17.0 Å². The fourth-order valence-electron chi connectivity index (χ4n) is 2.06. The Hall–Kier alpha value is -2.89. The van der Waals surface area contributed by atoms with E-state index < -0.39 is 33.9 Å². The average Bonchev–Trinajstić information content (AvgIpc) is 2.49. The van der Waals surface area contributed by atoms with E-state index in [-0.39, 0.29) is 11.3 Å². The smallest absolute Gasteiger partial charge is 0.238 e. The summed E-state index contributed by atoms with van der Waals surface area (Å²) in [4.78, 5) is 12.0. The fourth-order valence-corrected chi connectivity index (χ4v) is 2.06. The second kappa shape index (κ2) is 4.59. The Morgan fingerprint density at radius 1 is 1.00 bits per heavy atom. The topological polar surface area (TPSA) is 70.7 Å². The van der Waals surface area contributed by atoms with Crippen molar-refractivity contribution in [3.05, 3.63) is 58.3 Å². The zero-order chi connectivity index (χ0) is 15.1. The Kier molecular flexibility index (Phi) is 2.86. The molecule has 0 radical (unpaired) electrons. The van der Waals surface area contributed by atoms with E-state index in [0.717, 1.165) is 0 Å². The van der Waals surface area contributed by atoms with Gasteiger partial charge in [-0.1, -0.05) is 30.3 Å². The highest BCUT2D eigenvalue weighted by Crippen LogP contribution is 2.34. The number of hydrogen-bond donors (Lipinski definition) is 2. The van der Waals surface area contributed by atoms with Gasteiger partial charge in [0.25, 0.3) is 0 Å². The number of fused-ring (bicyclic) bond motifs is 1. The van der Waals surface area contributed by atoms with Crippen molar-refractivity contribution in [1.29, 1.82) is 0 Å². The predicted octanol–water partition coefficient (Wildman–Crippen LogP) is 3.15. The molecule has 0 aliphatic rings. The monoisotopic (exact) mass is 290 g/mol. The van der Waals surface area contributed by atoms with Crippen LogP contribution in [0.4, 0.5) is 8.78 Å². The summed E-state index contributed by atoms with van der Waals surface area (Å²) in [5.74, 6) is -5.07. The highest BCUT2D eigenvalue weighted by Gasteiger charge is 2.22. The summed E-state index contributed by atoms with van der Waals surface area (Å²) in [5.41, 5.74) is -1.00. The molecular weight excluding hydrogens is 282 g/mol. The molecule has 0 spiro atoms. The molecule has 2 aromatic carbocycles. The van der Waals surface area contributed by atoms with Gasteiger partial charge in [0.05, 0.1) is 0 Å². The normalized spacial score (nSPS) is 11.0. The first kappa shape index (κ1) is 13.1. The Morgan fingerprint density at radius 2 is 1.67 bits per heavy atom. The Labute approximate surface area is 116 Å². The number of halogens is 2. The molecule has 2 N–H and O–H groups in total. The lowest BCUT2D eigenvalue weighted by Crippen LogP contribution is -2.04. The average molecular weight is 290 g/mol.